The fourth-order valence-electron chi connectivity index (χ4n) is 3.09. The van der Waals surface area contributed by atoms with E-state index < -0.39 is 6.61 Å². The maximum absolute atomic E-state index is 12.5. The molecule has 9 heteroatoms. The van der Waals surface area contributed by atoms with Crippen molar-refractivity contribution in [2.45, 2.75) is 24.8 Å². The zero-order valence-corrected chi connectivity index (χ0v) is 16.1. The number of alkyl halides is 2. The van der Waals surface area contributed by atoms with Gasteiger partial charge in [-0.1, -0.05) is 36.0 Å². The van der Waals surface area contributed by atoms with E-state index in [1.807, 2.05) is 23.1 Å². The number of nitrogens with zero attached hydrogens (tertiary/aromatic N) is 3. The molecule has 0 fully saturated rings. The van der Waals surface area contributed by atoms with Crippen LogP contribution in [0.1, 0.15) is 11.1 Å². The lowest BCUT2D eigenvalue weighted by Crippen LogP contribution is -2.37. The molecule has 29 heavy (non-hydrogen) atoms. The van der Waals surface area contributed by atoms with Gasteiger partial charge >= 0.3 is 6.61 Å². The molecule has 0 saturated heterocycles. The van der Waals surface area contributed by atoms with Crippen LogP contribution >= 0.6 is 11.8 Å². The number of fused-ring (bicyclic) bond motifs is 1. The van der Waals surface area contributed by atoms with Crippen molar-refractivity contribution in [3.63, 3.8) is 0 Å². The predicted octanol–water partition coefficient (Wildman–Crippen LogP) is 4.02. The molecule has 150 valence electrons. The SMILES string of the molecule is O=C(CSc1nnc(-c2ccc(OC(F)F)cc2)o1)N1CCc2ccccc2C1. The summed E-state index contributed by atoms with van der Waals surface area (Å²) in [6.07, 6.45) is 0.850. The van der Waals surface area contributed by atoms with E-state index in [0.29, 0.717) is 18.7 Å². The van der Waals surface area contributed by atoms with E-state index in [0.717, 1.165) is 6.42 Å². The molecule has 6 nitrogen and oxygen atoms in total. The van der Waals surface area contributed by atoms with Gasteiger partial charge in [0.25, 0.3) is 5.22 Å². The van der Waals surface area contributed by atoms with Crippen molar-refractivity contribution < 1.29 is 22.7 Å². The van der Waals surface area contributed by atoms with Gasteiger partial charge in [0.1, 0.15) is 5.75 Å². The van der Waals surface area contributed by atoms with Gasteiger partial charge in [0.2, 0.25) is 11.8 Å². The van der Waals surface area contributed by atoms with E-state index in [9.17, 15) is 13.6 Å². The number of benzene rings is 2. The quantitative estimate of drug-likeness (QED) is 0.565. The molecule has 2 heterocycles. The first-order valence-corrected chi connectivity index (χ1v) is 9.93. The fraction of sp³-hybridized carbons (Fsp3) is 0.250. The molecule has 0 atom stereocenters. The topological polar surface area (TPSA) is 68.5 Å². The summed E-state index contributed by atoms with van der Waals surface area (Å²) >= 11 is 1.18. The Balaban J connectivity index is 1.33. The monoisotopic (exact) mass is 417 g/mol. The van der Waals surface area contributed by atoms with E-state index >= 15 is 0 Å². The molecule has 0 bridgehead atoms. The predicted molar refractivity (Wildman–Crippen MR) is 103 cm³/mol. The zero-order chi connectivity index (χ0) is 20.2. The third kappa shape index (κ3) is 4.73. The largest absolute Gasteiger partial charge is 0.435 e. The third-order valence-electron chi connectivity index (χ3n) is 4.54. The highest BCUT2D eigenvalue weighted by atomic mass is 32.2. The number of rotatable bonds is 6. The van der Waals surface area contributed by atoms with Gasteiger partial charge in [-0.3, -0.25) is 4.79 Å². The molecular formula is C20H17F2N3O3S. The molecule has 1 aliphatic rings. The van der Waals surface area contributed by atoms with Crippen molar-refractivity contribution in [2.24, 2.45) is 0 Å². The molecule has 0 spiro atoms. The number of hydrogen-bond acceptors (Lipinski definition) is 6. The first-order chi connectivity index (χ1) is 14.1. The molecule has 4 rings (SSSR count). The lowest BCUT2D eigenvalue weighted by atomic mass is 10.00. The minimum Gasteiger partial charge on any atom is -0.435 e. The average molecular weight is 417 g/mol. The van der Waals surface area contributed by atoms with Crippen molar-refractivity contribution >= 4 is 17.7 Å². The maximum Gasteiger partial charge on any atom is 0.387 e. The third-order valence-corrected chi connectivity index (χ3v) is 5.34. The van der Waals surface area contributed by atoms with Crippen molar-refractivity contribution in [2.75, 3.05) is 12.3 Å². The summed E-state index contributed by atoms with van der Waals surface area (Å²) in [6, 6.07) is 14.0. The number of hydrogen-bond donors (Lipinski definition) is 0. The Morgan fingerprint density at radius 2 is 1.90 bits per heavy atom. The molecule has 0 saturated carbocycles. The second-order valence-electron chi connectivity index (χ2n) is 6.40. The number of halogens is 2. The van der Waals surface area contributed by atoms with Crippen molar-refractivity contribution in [3.8, 4) is 17.2 Å². The zero-order valence-electron chi connectivity index (χ0n) is 15.3. The fourth-order valence-corrected chi connectivity index (χ4v) is 3.75. The van der Waals surface area contributed by atoms with Crippen LogP contribution in [-0.2, 0) is 17.8 Å². The molecular weight excluding hydrogens is 400 g/mol. The standard InChI is InChI=1S/C20H17F2N3O3S/c21-19(22)27-16-7-5-14(6-8-16)18-23-24-20(28-18)29-12-17(26)25-10-9-13-3-1-2-4-15(13)11-25/h1-8,19H,9-12H2. The first kappa shape index (κ1) is 19.4. The molecule has 3 aromatic rings. The Morgan fingerprint density at radius 1 is 1.14 bits per heavy atom. The van der Waals surface area contributed by atoms with E-state index in [4.69, 9.17) is 4.42 Å². The maximum atomic E-state index is 12.5. The molecule has 0 radical (unpaired) electrons. The van der Waals surface area contributed by atoms with Crippen LogP contribution in [0.2, 0.25) is 0 Å². The summed E-state index contributed by atoms with van der Waals surface area (Å²) in [7, 11) is 0. The minimum atomic E-state index is -2.88. The summed E-state index contributed by atoms with van der Waals surface area (Å²) in [6.45, 7) is -1.57. The number of aromatic nitrogens is 2. The molecule has 0 N–H and O–H groups in total. The van der Waals surface area contributed by atoms with Gasteiger partial charge < -0.3 is 14.1 Å². The van der Waals surface area contributed by atoms with Crippen molar-refractivity contribution in [1.82, 2.24) is 15.1 Å². The number of carbonyl (C=O) groups is 1. The normalized spacial score (nSPS) is 13.4. The van der Waals surface area contributed by atoms with Crippen molar-refractivity contribution in [3.05, 3.63) is 59.7 Å². The summed E-state index contributed by atoms with van der Waals surface area (Å²) in [5, 5.41) is 8.16. The molecule has 0 unspecified atom stereocenters. The summed E-state index contributed by atoms with van der Waals surface area (Å²) in [5.74, 6) is 0.505. The van der Waals surface area contributed by atoms with Crippen LogP contribution in [0.25, 0.3) is 11.5 Å². The second-order valence-corrected chi connectivity index (χ2v) is 7.33. The van der Waals surface area contributed by atoms with Crippen LogP contribution in [0.3, 0.4) is 0 Å². The van der Waals surface area contributed by atoms with Gasteiger partial charge in [-0.05, 0) is 41.8 Å². The molecule has 0 aliphatic carbocycles. The second kappa shape index (κ2) is 8.60. The Bertz CT molecular complexity index is 995. The lowest BCUT2D eigenvalue weighted by molar-refractivity contribution is -0.129. The number of amides is 1. The number of thioether (sulfide) groups is 1. The van der Waals surface area contributed by atoms with Gasteiger partial charge in [0.15, 0.2) is 0 Å². The highest BCUT2D eigenvalue weighted by Gasteiger charge is 2.21. The van der Waals surface area contributed by atoms with Crippen LogP contribution in [0.5, 0.6) is 5.75 Å². The van der Waals surface area contributed by atoms with E-state index in [1.165, 1.54) is 35.0 Å². The van der Waals surface area contributed by atoms with Crippen LogP contribution in [0, 0.1) is 0 Å². The van der Waals surface area contributed by atoms with Crippen molar-refractivity contribution in [1.29, 1.82) is 0 Å². The van der Waals surface area contributed by atoms with Gasteiger partial charge in [-0.15, -0.1) is 10.2 Å². The molecule has 1 amide bonds. The van der Waals surface area contributed by atoms with Gasteiger partial charge in [-0.25, -0.2) is 0 Å². The van der Waals surface area contributed by atoms with Gasteiger partial charge in [0, 0.05) is 18.7 Å². The summed E-state index contributed by atoms with van der Waals surface area (Å²) in [4.78, 5) is 14.4. The molecule has 1 aliphatic heterocycles. The summed E-state index contributed by atoms with van der Waals surface area (Å²) < 4.78 is 34.3. The Hall–Kier alpha value is -2.94. The van der Waals surface area contributed by atoms with E-state index in [1.54, 1.807) is 12.1 Å². The van der Waals surface area contributed by atoms with Crippen LogP contribution in [-0.4, -0.2) is 39.9 Å². The molecule has 2 aromatic carbocycles. The Labute approximate surface area is 169 Å². The lowest BCUT2D eigenvalue weighted by Gasteiger charge is -2.28. The Morgan fingerprint density at radius 3 is 2.66 bits per heavy atom. The highest BCUT2D eigenvalue weighted by Crippen LogP contribution is 2.26. The van der Waals surface area contributed by atoms with Gasteiger partial charge in [0.05, 0.1) is 5.75 Å². The number of carbonyl (C=O) groups excluding carboxylic acids is 1. The van der Waals surface area contributed by atoms with Gasteiger partial charge in [-0.2, -0.15) is 8.78 Å². The highest BCUT2D eigenvalue weighted by molar-refractivity contribution is 7.99. The van der Waals surface area contributed by atoms with E-state index in [2.05, 4.69) is 21.0 Å². The van der Waals surface area contributed by atoms with Crippen LogP contribution in [0.4, 0.5) is 8.78 Å². The first-order valence-electron chi connectivity index (χ1n) is 8.94. The van der Waals surface area contributed by atoms with Crippen LogP contribution < -0.4 is 4.74 Å². The van der Waals surface area contributed by atoms with Crippen LogP contribution in [0.15, 0.2) is 58.2 Å². The average Bonchev–Trinajstić information content (AvgIpc) is 3.21. The Kier molecular flexibility index (Phi) is 5.75. The van der Waals surface area contributed by atoms with E-state index in [-0.39, 0.29) is 28.5 Å². The smallest absolute Gasteiger partial charge is 0.387 e. The minimum absolute atomic E-state index is 0.0118. The summed E-state index contributed by atoms with van der Waals surface area (Å²) in [5.41, 5.74) is 3.04. The number of ether oxygens (including phenoxy) is 1. The molecule has 1 aromatic heterocycles.